The van der Waals surface area contributed by atoms with Crippen LogP contribution in [0.2, 0.25) is 0 Å². The molecular weight excluding hydrogens is 206 g/mol. The van der Waals surface area contributed by atoms with Gasteiger partial charge in [0.25, 0.3) is 0 Å². The molecule has 0 aliphatic carbocycles. The van der Waals surface area contributed by atoms with Crippen LogP contribution < -0.4 is 10.1 Å². The van der Waals surface area contributed by atoms with E-state index in [1.54, 1.807) is 6.07 Å². The average Bonchev–Trinajstić information content (AvgIpc) is 2.33. The summed E-state index contributed by atoms with van der Waals surface area (Å²) >= 11 is 0. The SMILES string of the molecule is CCOc1cc(C2CNCCO2)ccc1O. The first kappa shape index (κ1) is 11.2. The van der Waals surface area contributed by atoms with Crippen molar-refractivity contribution in [3.63, 3.8) is 0 Å². The first-order valence-electron chi connectivity index (χ1n) is 5.59. The molecule has 1 unspecified atom stereocenters. The maximum absolute atomic E-state index is 9.58. The number of hydrogen-bond donors (Lipinski definition) is 2. The Morgan fingerprint density at radius 2 is 2.44 bits per heavy atom. The van der Waals surface area contributed by atoms with Gasteiger partial charge in [-0.2, -0.15) is 0 Å². The predicted octanol–water partition coefficient (Wildman–Crippen LogP) is 1.45. The first-order chi connectivity index (χ1) is 7.81. The molecule has 88 valence electrons. The number of phenols is 1. The van der Waals surface area contributed by atoms with Gasteiger partial charge in [0.2, 0.25) is 0 Å². The number of hydrogen-bond acceptors (Lipinski definition) is 4. The molecule has 0 amide bonds. The molecule has 1 aromatic carbocycles. The Hall–Kier alpha value is -1.26. The number of ether oxygens (including phenoxy) is 2. The lowest BCUT2D eigenvalue weighted by molar-refractivity contribution is 0.0275. The highest BCUT2D eigenvalue weighted by Gasteiger charge is 2.17. The number of rotatable bonds is 3. The number of aromatic hydroxyl groups is 1. The van der Waals surface area contributed by atoms with Gasteiger partial charge >= 0.3 is 0 Å². The summed E-state index contributed by atoms with van der Waals surface area (Å²) in [4.78, 5) is 0. The fourth-order valence-corrected chi connectivity index (χ4v) is 1.78. The van der Waals surface area contributed by atoms with Crippen LogP contribution >= 0.6 is 0 Å². The van der Waals surface area contributed by atoms with E-state index < -0.39 is 0 Å². The van der Waals surface area contributed by atoms with Crippen LogP contribution in [-0.4, -0.2) is 31.4 Å². The van der Waals surface area contributed by atoms with Crippen LogP contribution in [-0.2, 0) is 4.74 Å². The first-order valence-corrected chi connectivity index (χ1v) is 5.59. The minimum atomic E-state index is 0.0496. The zero-order chi connectivity index (χ0) is 11.4. The third-order valence-electron chi connectivity index (χ3n) is 2.58. The molecule has 1 aliphatic rings. The van der Waals surface area contributed by atoms with E-state index in [9.17, 15) is 5.11 Å². The molecule has 2 rings (SSSR count). The number of nitrogens with one attached hydrogen (secondary N) is 1. The van der Waals surface area contributed by atoms with E-state index in [0.29, 0.717) is 12.4 Å². The van der Waals surface area contributed by atoms with Gasteiger partial charge < -0.3 is 19.9 Å². The standard InChI is InChI=1S/C12H17NO3/c1-2-15-11-7-9(3-4-10(11)14)12-8-13-5-6-16-12/h3-4,7,12-14H,2,5-6,8H2,1H3. The Bertz CT molecular complexity index is 348. The van der Waals surface area contributed by atoms with E-state index in [2.05, 4.69) is 5.32 Å². The van der Waals surface area contributed by atoms with Crippen LogP contribution in [0.25, 0.3) is 0 Å². The van der Waals surface area contributed by atoms with Crippen molar-refractivity contribution in [3.05, 3.63) is 23.8 Å². The summed E-state index contributed by atoms with van der Waals surface area (Å²) in [5, 5.41) is 12.9. The molecule has 1 aliphatic heterocycles. The Balaban J connectivity index is 2.17. The molecule has 4 nitrogen and oxygen atoms in total. The van der Waals surface area contributed by atoms with Crippen LogP contribution in [0.15, 0.2) is 18.2 Å². The summed E-state index contributed by atoms with van der Waals surface area (Å²) in [7, 11) is 0. The molecule has 0 bridgehead atoms. The van der Waals surface area contributed by atoms with Crippen molar-refractivity contribution in [3.8, 4) is 11.5 Å². The fourth-order valence-electron chi connectivity index (χ4n) is 1.78. The Labute approximate surface area is 95.2 Å². The normalized spacial score (nSPS) is 20.7. The summed E-state index contributed by atoms with van der Waals surface area (Å²) in [6.07, 6.45) is 0.0496. The summed E-state index contributed by atoms with van der Waals surface area (Å²) in [5.74, 6) is 0.698. The summed E-state index contributed by atoms with van der Waals surface area (Å²) < 4.78 is 11.0. The van der Waals surface area contributed by atoms with Crippen molar-refractivity contribution >= 4 is 0 Å². The Kier molecular flexibility index (Phi) is 3.64. The van der Waals surface area contributed by atoms with Crippen molar-refractivity contribution in [1.82, 2.24) is 5.32 Å². The molecule has 0 radical (unpaired) electrons. The van der Waals surface area contributed by atoms with Gasteiger partial charge in [0.1, 0.15) is 0 Å². The van der Waals surface area contributed by atoms with Gasteiger partial charge in [-0.05, 0) is 24.6 Å². The number of phenolic OH excluding ortho intramolecular Hbond substituents is 1. The van der Waals surface area contributed by atoms with Gasteiger partial charge in [-0.25, -0.2) is 0 Å². The van der Waals surface area contributed by atoms with Gasteiger partial charge in [-0.15, -0.1) is 0 Å². The summed E-state index contributed by atoms with van der Waals surface area (Å²) in [6.45, 7) is 4.85. The van der Waals surface area contributed by atoms with Gasteiger partial charge in [-0.3, -0.25) is 0 Å². The average molecular weight is 223 g/mol. The van der Waals surface area contributed by atoms with Gasteiger partial charge in [-0.1, -0.05) is 6.07 Å². The largest absolute Gasteiger partial charge is 0.504 e. The highest BCUT2D eigenvalue weighted by Crippen LogP contribution is 2.30. The summed E-state index contributed by atoms with van der Waals surface area (Å²) in [6, 6.07) is 5.37. The van der Waals surface area contributed by atoms with Crippen molar-refractivity contribution in [2.45, 2.75) is 13.0 Å². The van der Waals surface area contributed by atoms with E-state index in [0.717, 1.165) is 25.3 Å². The molecule has 1 atom stereocenters. The second-order valence-corrected chi connectivity index (χ2v) is 3.72. The molecule has 0 saturated carbocycles. The zero-order valence-corrected chi connectivity index (χ0v) is 9.40. The zero-order valence-electron chi connectivity index (χ0n) is 9.40. The third-order valence-corrected chi connectivity index (χ3v) is 2.58. The van der Waals surface area contributed by atoms with Gasteiger partial charge in [0, 0.05) is 13.1 Å². The monoisotopic (exact) mass is 223 g/mol. The lowest BCUT2D eigenvalue weighted by Gasteiger charge is -2.24. The van der Waals surface area contributed by atoms with E-state index in [1.807, 2.05) is 19.1 Å². The van der Waals surface area contributed by atoms with Crippen molar-refractivity contribution in [2.24, 2.45) is 0 Å². The third kappa shape index (κ3) is 2.46. The van der Waals surface area contributed by atoms with Gasteiger partial charge in [0.05, 0.1) is 19.3 Å². The van der Waals surface area contributed by atoms with E-state index in [1.165, 1.54) is 0 Å². The molecule has 4 heteroatoms. The highest BCUT2D eigenvalue weighted by atomic mass is 16.5. The molecule has 0 spiro atoms. The predicted molar refractivity (Wildman–Crippen MR) is 60.8 cm³/mol. The molecule has 0 aromatic heterocycles. The second kappa shape index (κ2) is 5.18. The topological polar surface area (TPSA) is 50.7 Å². The van der Waals surface area contributed by atoms with Crippen molar-refractivity contribution in [2.75, 3.05) is 26.3 Å². The van der Waals surface area contributed by atoms with Crippen LogP contribution in [0.1, 0.15) is 18.6 Å². The van der Waals surface area contributed by atoms with Crippen LogP contribution in [0, 0.1) is 0 Å². The van der Waals surface area contributed by atoms with Crippen molar-refractivity contribution < 1.29 is 14.6 Å². The summed E-state index contributed by atoms with van der Waals surface area (Å²) in [5.41, 5.74) is 1.04. The lowest BCUT2D eigenvalue weighted by Crippen LogP contribution is -2.33. The smallest absolute Gasteiger partial charge is 0.161 e. The molecule has 2 N–H and O–H groups in total. The molecular formula is C12H17NO3. The van der Waals surface area contributed by atoms with Crippen LogP contribution in [0.5, 0.6) is 11.5 Å². The molecule has 16 heavy (non-hydrogen) atoms. The van der Waals surface area contributed by atoms with E-state index in [4.69, 9.17) is 9.47 Å². The molecule has 1 heterocycles. The fraction of sp³-hybridized carbons (Fsp3) is 0.500. The minimum Gasteiger partial charge on any atom is -0.504 e. The number of benzene rings is 1. The van der Waals surface area contributed by atoms with Gasteiger partial charge in [0.15, 0.2) is 11.5 Å². The molecule has 1 aromatic rings. The quantitative estimate of drug-likeness (QED) is 0.814. The maximum Gasteiger partial charge on any atom is 0.161 e. The van der Waals surface area contributed by atoms with Crippen LogP contribution in [0.3, 0.4) is 0 Å². The Morgan fingerprint density at radius 1 is 1.56 bits per heavy atom. The molecule has 1 fully saturated rings. The second-order valence-electron chi connectivity index (χ2n) is 3.72. The van der Waals surface area contributed by atoms with E-state index in [-0.39, 0.29) is 11.9 Å². The maximum atomic E-state index is 9.58. The number of morpholine rings is 1. The van der Waals surface area contributed by atoms with Crippen molar-refractivity contribution in [1.29, 1.82) is 0 Å². The minimum absolute atomic E-state index is 0.0496. The van der Waals surface area contributed by atoms with E-state index >= 15 is 0 Å². The molecule has 1 saturated heterocycles. The highest BCUT2D eigenvalue weighted by molar-refractivity contribution is 5.42. The van der Waals surface area contributed by atoms with Crippen LogP contribution in [0.4, 0.5) is 0 Å². The Morgan fingerprint density at radius 3 is 3.12 bits per heavy atom. The lowest BCUT2D eigenvalue weighted by atomic mass is 10.1.